The number of amides is 3. The maximum absolute atomic E-state index is 11.9. The van der Waals surface area contributed by atoms with Gasteiger partial charge in [-0.25, -0.2) is 0 Å². The minimum absolute atomic E-state index is 0.0314. The zero-order valence-electron chi connectivity index (χ0n) is 12.7. The Kier molecular flexibility index (Phi) is 5.69. The summed E-state index contributed by atoms with van der Waals surface area (Å²) in [6.45, 7) is 0.502. The molecule has 0 aromatic heterocycles. The summed E-state index contributed by atoms with van der Waals surface area (Å²) in [6, 6.07) is 8.00. The lowest BCUT2D eigenvalue weighted by molar-refractivity contribution is -0.135. The third-order valence-corrected chi connectivity index (χ3v) is 3.60. The highest BCUT2D eigenvalue weighted by Crippen LogP contribution is 2.10. The molecule has 0 atom stereocenters. The van der Waals surface area contributed by atoms with E-state index in [1.165, 1.54) is 29.2 Å². The van der Waals surface area contributed by atoms with E-state index >= 15 is 0 Å². The highest BCUT2D eigenvalue weighted by Gasteiger charge is 2.19. The van der Waals surface area contributed by atoms with Gasteiger partial charge in [0.15, 0.2) is 0 Å². The van der Waals surface area contributed by atoms with E-state index in [4.69, 9.17) is 5.26 Å². The lowest BCUT2D eigenvalue weighted by Gasteiger charge is -2.19. The van der Waals surface area contributed by atoms with E-state index in [9.17, 15) is 14.4 Å². The van der Waals surface area contributed by atoms with Gasteiger partial charge in [-0.2, -0.15) is 5.26 Å². The maximum Gasteiger partial charge on any atom is 0.269 e. The average Bonchev–Trinajstić information content (AvgIpc) is 2.77. The van der Waals surface area contributed by atoms with Gasteiger partial charge in [-0.05, 0) is 37.1 Å². The van der Waals surface area contributed by atoms with Crippen LogP contribution in [0.25, 0.3) is 0 Å². The lowest BCUT2D eigenvalue weighted by Crippen LogP contribution is -2.47. The van der Waals surface area contributed by atoms with Crippen LogP contribution in [0.3, 0.4) is 0 Å². The maximum atomic E-state index is 11.9. The highest BCUT2D eigenvalue weighted by molar-refractivity contribution is 5.95. The molecule has 2 rings (SSSR count). The molecule has 120 valence electrons. The van der Waals surface area contributed by atoms with Gasteiger partial charge >= 0.3 is 0 Å². The molecule has 0 spiro atoms. The minimum atomic E-state index is -0.481. The molecule has 1 aliphatic rings. The molecule has 7 nitrogen and oxygen atoms in total. The summed E-state index contributed by atoms with van der Waals surface area (Å²) in [7, 11) is 0. The van der Waals surface area contributed by atoms with Gasteiger partial charge in [-0.15, -0.1) is 0 Å². The fourth-order valence-electron chi connectivity index (χ4n) is 2.31. The molecule has 1 aliphatic heterocycles. The first-order valence-electron chi connectivity index (χ1n) is 7.47. The van der Waals surface area contributed by atoms with Crippen molar-refractivity contribution in [1.82, 2.24) is 15.8 Å². The second-order valence-corrected chi connectivity index (χ2v) is 5.32. The third kappa shape index (κ3) is 4.81. The summed E-state index contributed by atoms with van der Waals surface area (Å²) >= 11 is 0. The molecule has 0 saturated carbocycles. The van der Waals surface area contributed by atoms with Gasteiger partial charge in [-0.1, -0.05) is 6.42 Å². The van der Waals surface area contributed by atoms with Crippen molar-refractivity contribution in [3.63, 3.8) is 0 Å². The second-order valence-electron chi connectivity index (χ2n) is 5.32. The van der Waals surface area contributed by atoms with Crippen molar-refractivity contribution in [3.05, 3.63) is 35.4 Å². The van der Waals surface area contributed by atoms with Gasteiger partial charge in [0.05, 0.1) is 11.6 Å². The molecular weight excluding hydrogens is 296 g/mol. The first-order chi connectivity index (χ1) is 11.1. The van der Waals surface area contributed by atoms with E-state index in [0.717, 1.165) is 19.3 Å². The van der Waals surface area contributed by atoms with Gasteiger partial charge in [0.1, 0.15) is 6.54 Å². The second kappa shape index (κ2) is 7.94. The summed E-state index contributed by atoms with van der Waals surface area (Å²) in [5, 5.41) is 8.70. The minimum Gasteiger partial charge on any atom is -0.333 e. The molecule has 3 amide bonds. The molecule has 2 N–H and O–H groups in total. The smallest absolute Gasteiger partial charge is 0.269 e. The zero-order valence-corrected chi connectivity index (χ0v) is 12.7. The van der Waals surface area contributed by atoms with E-state index in [2.05, 4.69) is 10.9 Å². The molecule has 7 heteroatoms. The number of hydrogen-bond donors (Lipinski definition) is 2. The Morgan fingerprint density at radius 1 is 1.13 bits per heavy atom. The quantitative estimate of drug-likeness (QED) is 0.802. The molecule has 23 heavy (non-hydrogen) atoms. The number of carbonyl (C=O) groups is 3. The summed E-state index contributed by atoms with van der Waals surface area (Å²) in [5.41, 5.74) is 5.38. The summed E-state index contributed by atoms with van der Waals surface area (Å²) in [6.07, 6.45) is 3.19. The van der Waals surface area contributed by atoms with E-state index in [0.29, 0.717) is 24.1 Å². The number of nitrogens with zero attached hydrogens (tertiary/aromatic N) is 2. The number of benzene rings is 1. The van der Waals surface area contributed by atoms with Crippen LogP contribution in [0.15, 0.2) is 24.3 Å². The van der Waals surface area contributed by atoms with Gasteiger partial charge in [0.25, 0.3) is 11.8 Å². The van der Waals surface area contributed by atoms with Crippen LogP contribution < -0.4 is 10.9 Å². The van der Waals surface area contributed by atoms with Crippen LogP contribution in [-0.4, -0.2) is 35.7 Å². The topological polar surface area (TPSA) is 102 Å². The van der Waals surface area contributed by atoms with Crippen molar-refractivity contribution in [1.29, 1.82) is 5.26 Å². The van der Waals surface area contributed by atoms with Crippen LogP contribution >= 0.6 is 0 Å². The van der Waals surface area contributed by atoms with Gasteiger partial charge in [0.2, 0.25) is 5.91 Å². The predicted molar refractivity (Wildman–Crippen MR) is 81.8 cm³/mol. The molecule has 1 heterocycles. The molecule has 1 aromatic carbocycles. The largest absolute Gasteiger partial charge is 0.333 e. The van der Waals surface area contributed by atoms with E-state index in [1.807, 2.05) is 6.07 Å². The van der Waals surface area contributed by atoms with Crippen molar-refractivity contribution in [3.8, 4) is 6.07 Å². The van der Waals surface area contributed by atoms with E-state index in [-0.39, 0.29) is 12.5 Å². The number of hydrogen-bond acceptors (Lipinski definition) is 4. The first kappa shape index (κ1) is 16.5. The Balaban J connectivity index is 1.82. The average molecular weight is 314 g/mol. The molecule has 0 aliphatic carbocycles. The first-order valence-corrected chi connectivity index (χ1v) is 7.47. The van der Waals surface area contributed by atoms with Gasteiger partial charge < -0.3 is 4.90 Å². The molecule has 1 aromatic rings. The van der Waals surface area contributed by atoms with Crippen molar-refractivity contribution in [2.24, 2.45) is 0 Å². The van der Waals surface area contributed by atoms with Crippen LogP contribution in [-0.2, 0) is 9.59 Å². The highest BCUT2D eigenvalue weighted by atomic mass is 16.2. The Bertz CT molecular complexity index is 634. The summed E-state index contributed by atoms with van der Waals surface area (Å²) in [5.74, 6) is -0.955. The Morgan fingerprint density at radius 2 is 1.87 bits per heavy atom. The number of hydrazine groups is 1. The molecular formula is C16H18N4O3. The van der Waals surface area contributed by atoms with Crippen molar-refractivity contribution >= 4 is 17.7 Å². The van der Waals surface area contributed by atoms with Crippen LogP contribution in [0, 0.1) is 11.3 Å². The lowest BCUT2D eigenvalue weighted by atomic mass is 10.1. The number of nitriles is 1. The van der Waals surface area contributed by atoms with Crippen molar-refractivity contribution in [2.45, 2.75) is 25.7 Å². The Morgan fingerprint density at radius 3 is 2.57 bits per heavy atom. The fourth-order valence-corrected chi connectivity index (χ4v) is 2.31. The number of nitrogens with one attached hydrogen (secondary N) is 2. The molecule has 0 bridgehead atoms. The van der Waals surface area contributed by atoms with E-state index < -0.39 is 11.8 Å². The predicted octanol–water partition coefficient (Wildman–Crippen LogP) is 0.722. The Labute approximate surface area is 134 Å². The molecule has 0 radical (unpaired) electrons. The number of carbonyl (C=O) groups excluding carboxylic acids is 3. The summed E-state index contributed by atoms with van der Waals surface area (Å²) < 4.78 is 0. The fraction of sp³-hybridized carbons (Fsp3) is 0.375. The van der Waals surface area contributed by atoms with Gasteiger partial charge in [-0.3, -0.25) is 25.2 Å². The van der Waals surface area contributed by atoms with Crippen LogP contribution in [0.4, 0.5) is 0 Å². The zero-order chi connectivity index (χ0) is 16.7. The summed E-state index contributed by atoms with van der Waals surface area (Å²) in [4.78, 5) is 37.0. The van der Waals surface area contributed by atoms with Crippen LogP contribution in [0.5, 0.6) is 0 Å². The van der Waals surface area contributed by atoms with Crippen molar-refractivity contribution < 1.29 is 14.4 Å². The monoisotopic (exact) mass is 314 g/mol. The van der Waals surface area contributed by atoms with Crippen LogP contribution in [0.1, 0.15) is 41.6 Å². The SMILES string of the molecule is N#Cc1ccc(C(=O)NNC(=O)CN2CCCCCC2=O)cc1. The Hall–Kier alpha value is -2.88. The third-order valence-electron chi connectivity index (χ3n) is 3.60. The number of rotatable bonds is 3. The molecule has 1 fully saturated rings. The van der Waals surface area contributed by atoms with E-state index in [1.54, 1.807) is 0 Å². The number of likely N-dealkylation sites (tertiary alicyclic amines) is 1. The molecule has 1 saturated heterocycles. The normalized spacial score (nSPS) is 14.6. The van der Waals surface area contributed by atoms with Crippen LogP contribution in [0.2, 0.25) is 0 Å². The van der Waals surface area contributed by atoms with Gasteiger partial charge in [0, 0.05) is 18.5 Å². The molecule has 0 unspecified atom stereocenters. The van der Waals surface area contributed by atoms with Crippen molar-refractivity contribution in [2.75, 3.05) is 13.1 Å². The standard InChI is InChI=1S/C16H18N4O3/c17-10-12-5-7-13(8-6-12)16(23)19-18-14(21)11-20-9-3-1-2-4-15(20)22/h5-8H,1-4,9,11H2,(H,18,21)(H,19,23).